The van der Waals surface area contributed by atoms with Crippen LogP contribution < -0.4 is 0 Å². The molecular formula is C16H12Br2N2. The quantitative estimate of drug-likeness (QED) is 0.561. The number of hydrogen-bond donors (Lipinski definition) is 0. The molecule has 0 spiro atoms. The van der Waals surface area contributed by atoms with Gasteiger partial charge in [0.05, 0.1) is 17.1 Å². The van der Waals surface area contributed by atoms with Gasteiger partial charge in [-0.05, 0) is 30.3 Å². The van der Waals surface area contributed by atoms with Crippen LogP contribution in [0.15, 0.2) is 65.1 Å². The van der Waals surface area contributed by atoms with Gasteiger partial charge in [-0.1, -0.05) is 62.2 Å². The van der Waals surface area contributed by atoms with E-state index in [9.17, 15) is 0 Å². The summed E-state index contributed by atoms with van der Waals surface area (Å²) in [5.41, 5.74) is 4.34. The third-order valence-corrected chi connectivity index (χ3v) is 4.14. The van der Waals surface area contributed by atoms with Gasteiger partial charge in [-0.25, -0.2) is 4.68 Å². The second kappa shape index (κ2) is 5.94. The van der Waals surface area contributed by atoms with Crippen molar-refractivity contribution >= 4 is 31.9 Å². The number of rotatable bonds is 3. The van der Waals surface area contributed by atoms with Gasteiger partial charge in [-0.3, -0.25) is 0 Å². The molecule has 0 radical (unpaired) electrons. The first-order valence-electron chi connectivity index (χ1n) is 6.24. The minimum Gasteiger partial charge on any atom is -0.233 e. The Labute approximate surface area is 134 Å². The van der Waals surface area contributed by atoms with Crippen LogP contribution in [0.25, 0.3) is 16.9 Å². The van der Waals surface area contributed by atoms with Gasteiger partial charge >= 0.3 is 0 Å². The molecule has 0 unspecified atom stereocenters. The lowest BCUT2D eigenvalue weighted by molar-refractivity contribution is 0.867. The van der Waals surface area contributed by atoms with E-state index in [1.807, 2.05) is 35.0 Å². The van der Waals surface area contributed by atoms with E-state index in [-0.39, 0.29) is 0 Å². The number of alkyl halides is 1. The molecule has 0 atom stereocenters. The molecule has 0 aliphatic heterocycles. The third kappa shape index (κ3) is 2.72. The Kier molecular flexibility index (Phi) is 4.03. The largest absolute Gasteiger partial charge is 0.233 e. The Morgan fingerprint density at radius 3 is 2.30 bits per heavy atom. The fourth-order valence-electron chi connectivity index (χ4n) is 2.09. The van der Waals surface area contributed by atoms with Crippen molar-refractivity contribution in [2.75, 3.05) is 0 Å². The van der Waals surface area contributed by atoms with Gasteiger partial charge in [0.25, 0.3) is 0 Å². The van der Waals surface area contributed by atoms with E-state index in [2.05, 4.69) is 67.3 Å². The number of benzene rings is 2. The van der Waals surface area contributed by atoms with Crippen LogP contribution in [-0.4, -0.2) is 9.78 Å². The summed E-state index contributed by atoms with van der Waals surface area (Å²) < 4.78 is 3.05. The van der Waals surface area contributed by atoms with Gasteiger partial charge in [-0.15, -0.1) is 0 Å². The molecule has 0 saturated heterocycles. The number of nitrogens with zero attached hydrogens (tertiary/aromatic N) is 2. The molecule has 0 bridgehead atoms. The monoisotopic (exact) mass is 390 g/mol. The van der Waals surface area contributed by atoms with Crippen molar-refractivity contribution in [3.05, 3.63) is 70.8 Å². The van der Waals surface area contributed by atoms with E-state index in [4.69, 9.17) is 0 Å². The molecule has 2 aromatic carbocycles. The van der Waals surface area contributed by atoms with Crippen LogP contribution in [0.3, 0.4) is 0 Å². The van der Waals surface area contributed by atoms with E-state index < -0.39 is 0 Å². The maximum absolute atomic E-state index is 4.66. The lowest BCUT2D eigenvalue weighted by Crippen LogP contribution is -1.99. The first-order chi connectivity index (χ1) is 9.78. The summed E-state index contributed by atoms with van der Waals surface area (Å²) in [6.07, 6.45) is 0. The first kappa shape index (κ1) is 13.6. The van der Waals surface area contributed by atoms with E-state index in [1.165, 1.54) is 0 Å². The van der Waals surface area contributed by atoms with Crippen molar-refractivity contribution in [1.82, 2.24) is 9.78 Å². The predicted molar refractivity (Wildman–Crippen MR) is 89.3 cm³/mol. The molecular weight excluding hydrogens is 380 g/mol. The van der Waals surface area contributed by atoms with Crippen LogP contribution in [0.1, 0.15) is 5.69 Å². The molecule has 20 heavy (non-hydrogen) atoms. The molecule has 2 nitrogen and oxygen atoms in total. The Balaban J connectivity index is 2.15. The number of halogens is 2. The summed E-state index contributed by atoms with van der Waals surface area (Å²) in [6.45, 7) is 0. The fourth-order valence-corrected chi connectivity index (χ4v) is 2.63. The summed E-state index contributed by atoms with van der Waals surface area (Å²) in [4.78, 5) is 0. The second-order valence-corrected chi connectivity index (χ2v) is 5.89. The molecule has 0 fully saturated rings. The molecule has 3 rings (SSSR count). The van der Waals surface area contributed by atoms with E-state index in [0.29, 0.717) is 0 Å². The summed E-state index contributed by atoms with van der Waals surface area (Å²) in [5, 5.41) is 5.41. The molecule has 4 heteroatoms. The average molecular weight is 392 g/mol. The van der Waals surface area contributed by atoms with Crippen molar-refractivity contribution in [1.29, 1.82) is 0 Å². The number of aromatic nitrogens is 2. The Hall–Kier alpha value is -1.39. The molecule has 1 aromatic heterocycles. The van der Waals surface area contributed by atoms with E-state index in [0.717, 1.165) is 32.4 Å². The predicted octanol–water partition coefficient (Wildman–Crippen LogP) is 5.20. The highest BCUT2D eigenvalue weighted by molar-refractivity contribution is 9.10. The molecule has 0 saturated carbocycles. The van der Waals surface area contributed by atoms with Gasteiger partial charge in [-0.2, -0.15) is 5.10 Å². The topological polar surface area (TPSA) is 17.8 Å². The highest BCUT2D eigenvalue weighted by atomic mass is 79.9. The van der Waals surface area contributed by atoms with Crippen molar-refractivity contribution in [3.8, 4) is 16.9 Å². The van der Waals surface area contributed by atoms with Crippen molar-refractivity contribution in [2.45, 2.75) is 5.33 Å². The van der Waals surface area contributed by atoms with Gasteiger partial charge in [0.2, 0.25) is 0 Å². The van der Waals surface area contributed by atoms with Crippen LogP contribution in [0, 0.1) is 0 Å². The lowest BCUT2D eigenvalue weighted by Gasteiger charge is -2.07. The molecule has 0 amide bonds. The lowest BCUT2D eigenvalue weighted by atomic mass is 10.1. The van der Waals surface area contributed by atoms with E-state index >= 15 is 0 Å². The standard InChI is InChI=1S/C16H12Br2N2/c17-11-14-10-16(12-4-2-1-3-5-12)20(19-14)15-8-6-13(18)7-9-15/h1-10H,11H2. The van der Waals surface area contributed by atoms with Crippen LogP contribution >= 0.6 is 31.9 Å². The minimum atomic E-state index is 0.746. The SMILES string of the molecule is BrCc1cc(-c2ccccc2)n(-c2ccc(Br)cc2)n1. The number of hydrogen-bond acceptors (Lipinski definition) is 1. The van der Waals surface area contributed by atoms with Gasteiger partial charge in [0.15, 0.2) is 0 Å². The van der Waals surface area contributed by atoms with Gasteiger partial charge < -0.3 is 0 Å². The van der Waals surface area contributed by atoms with Crippen molar-refractivity contribution in [3.63, 3.8) is 0 Å². The Morgan fingerprint density at radius 2 is 1.65 bits per heavy atom. The zero-order valence-corrected chi connectivity index (χ0v) is 13.8. The van der Waals surface area contributed by atoms with Crippen LogP contribution in [0.2, 0.25) is 0 Å². The average Bonchev–Trinajstić information content (AvgIpc) is 2.93. The van der Waals surface area contributed by atoms with E-state index in [1.54, 1.807) is 0 Å². The summed E-state index contributed by atoms with van der Waals surface area (Å²) in [5.74, 6) is 0. The summed E-state index contributed by atoms with van der Waals surface area (Å²) >= 11 is 6.94. The molecule has 3 aromatic rings. The molecule has 100 valence electrons. The Bertz CT molecular complexity index is 703. The van der Waals surface area contributed by atoms with Crippen molar-refractivity contribution < 1.29 is 0 Å². The highest BCUT2D eigenvalue weighted by Gasteiger charge is 2.10. The highest BCUT2D eigenvalue weighted by Crippen LogP contribution is 2.25. The van der Waals surface area contributed by atoms with Gasteiger partial charge in [0, 0.05) is 15.4 Å². The fraction of sp³-hybridized carbons (Fsp3) is 0.0625. The zero-order chi connectivity index (χ0) is 13.9. The van der Waals surface area contributed by atoms with Crippen LogP contribution in [0.5, 0.6) is 0 Å². The Morgan fingerprint density at radius 1 is 0.950 bits per heavy atom. The second-order valence-electron chi connectivity index (χ2n) is 4.41. The molecule has 0 aliphatic carbocycles. The smallest absolute Gasteiger partial charge is 0.0744 e. The van der Waals surface area contributed by atoms with Crippen LogP contribution in [0.4, 0.5) is 0 Å². The maximum atomic E-state index is 4.66. The first-order valence-corrected chi connectivity index (χ1v) is 8.15. The molecule has 1 heterocycles. The van der Waals surface area contributed by atoms with Crippen LogP contribution in [-0.2, 0) is 5.33 Å². The van der Waals surface area contributed by atoms with Crippen molar-refractivity contribution in [2.24, 2.45) is 0 Å². The summed E-state index contributed by atoms with van der Waals surface area (Å²) in [7, 11) is 0. The van der Waals surface area contributed by atoms with Gasteiger partial charge in [0.1, 0.15) is 0 Å². The third-order valence-electron chi connectivity index (χ3n) is 3.04. The molecule has 0 N–H and O–H groups in total. The summed E-state index contributed by atoms with van der Waals surface area (Å²) in [6, 6.07) is 20.6. The maximum Gasteiger partial charge on any atom is 0.0744 e. The minimum absolute atomic E-state index is 0.746. The molecule has 0 aliphatic rings. The zero-order valence-electron chi connectivity index (χ0n) is 10.6. The normalized spacial score (nSPS) is 10.7.